The summed E-state index contributed by atoms with van der Waals surface area (Å²) in [4.78, 5) is 24.7. The van der Waals surface area contributed by atoms with Crippen molar-refractivity contribution in [3.63, 3.8) is 0 Å². The Morgan fingerprint density at radius 1 is 1.07 bits per heavy atom. The Kier molecular flexibility index (Phi) is 7.87. The maximum Gasteiger partial charge on any atom is 0.242 e. The summed E-state index contributed by atoms with van der Waals surface area (Å²) in [5.74, 6) is 0.746. The Morgan fingerprint density at radius 3 is 2.17 bits per heavy atom. The maximum absolute atomic E-state index is 12.8. The average molecular weight is 422 g/mol. The van der Waals surface area contributed by atoms with E-state index < -0.39 is 11.3 Å². The fourth-order valence-corrected chi connectivity index (χ4v) is 2.82. The summed E-state index contributed by atoms with van der Waals surface area (Å²) in [6.07, 6.45) is 0.0779. The van der Waals surface area contributed by atoms with Crippen LogP contribution in [0.5, 0.6) is 17.2 Å². The van der Waals surface area contributed by atoms with Crippen molar-refractivity contribution in [1.82, 2.24) is 0 Å². The van der Waals surface area contributed by atoms with Gasteiger partial charge in [-0.25, -0.2) is 0 Å². The second kappa shape index (κ2) is 10.1. The molecule has 0 saturated carbocycles. The van der Waals surface area contributed by atoms with Crippen LogP contribution in [0.1, 0.15) is 28.4 Å². The molecule has 7 nitrogen and oxygen atoms in total. The zero-order valence-corrected chi connectivity index (χ0v) is 17.5. The van der Waals surface area contributed by atoms with Gasteiger partial charge in [0, 0.05) is 23.2 Å². The normalized spacial score (nSPS) is 11.5. The molecule has 0 aliphatic carbocycles. The van der Waals surface area contributed by atoms with Gasteiger partial charge in [-0.15, -0.1) is 11.6 Å². The molecule has 0 aliphatic heterocycles. The molecule has 0 bridgehead atoms. The van der Waals surface area contributed by atoms with Crippen LogP contribution in [0, 0.1) is 0 Å². The third kappa shape index (κ3) is 5.40. The third-order valence-corrected chi connectivity index (χ3v) is 4.51. The maximum atomic E-state index is 12.8. The molecule has 1 unspecified atom stereocenters. The SMILES string of the molecule is COc1cc(CC(=O)c2ccc(CO)c(NC(=O)C(C)Cl)c2)cc(OC)c1OC. The summed E-state index contributed by atoms with van der Waals surface area (Å²) >= 11 is 5.79. The molecule has 1 amide bonds. The Bertz CT molecular complexity index is 872. The van der Waals surface area contributed by atoms with Crippen LogP contribution >= 0.6 is 11.6 Å². The lowest BCUT2D eigenvalue weighted by molar-refractivity contribution is -0.115. The van der Waals surface area contributed by atoms with Crippen molar-refractivity contribution in [3.05, 3.63) is 47.0 Å². The lowest BCUT2D eigenvalue weighted by Gasteiger charge is -2.14. The third-order valence-electron chi connectivity index (χ3n) is 4.31. The van der Waals surface area contributed by atoms with E-state index in [9.17, 15) is 14.7 Å². The Morgan fingerprint density at radius 2 is 1.69 bits per heavy atom. The molecule has 2 rings (SSSR count). The first-order chi connectivity index (χ1) is 13.8. The number of nitrogens with one attached hydrogen (secondary N) is 1. The zero-order chi connectivity index (χ0) is 21.6. The van der Waals surface area contributed by atoms with Crippen LogP contribution in [0.3, 0.4) is 0 Å². The highest BCUT2D eigenvalue weighted by Gasteiger charge is 2.17. The number of halogens is 1. The summed E-state index contributed by atoms with van der Waals surface area (Å²) < 4.78 is 15.9. The van der Waals surface area contributed by atoms with E-state index in [2.05, 4.69) is 5.32 Å². The molecule has 2 N–H and O–H groups in total. The lowest BCUT2D eigenvalue weighted by Crippen LogP contribution is -2.21. The summed E-state index contributed by atoms with van der Waals surface area (Å²) in [5, 5.41) is 11.4. The number of aliphatic hydroxyl groups excluding tert-OH is 1. The number of amides is 1. The van der Waals surface area contributed by atoms with Gasteiger partial charge >= 0.3 is 0 Å². The van der Waals surface area contributed by atoms with Gasteiger partial charge in [0.05, 0.1) is 27.9 Å². The minimum atomic E-state index is -0.750. The van der Waals surface area contributed by atoms with Crippen LogP contribution in [-0.4, -0.2) is 43.5 Å². The zero-order valence-electron chi connectivity index (χ0n) is 16.7. The van der Waals surface area contributed by atoms with Crippen molar-refractivity contribution in [2.45, 2.75) is 25.3 Å². The Hall–Kier alpha value is -2.77. The number of carbonyl (C=O) groups is 2. The van der Waals surface area contributed by atoms with Gasteiger partial charge in [-0.05, 0) is 30.7 Å². The second-order valence-corrected chi connectivity index (χ2v) is 6.92. The van der Waals surface area contributed by atoms with E-state index in [4.69, 9.17) is 25.8 Å². The quantitative estimate of drug-likeness (QED) is 0.477. The first-order valence-corrected chi connectivity index (χ1v) is 9.29. The van der Waals surface area contributed by atoms with Gasteiger partial charge in [0.25, 0.3) is 0 Å². The molecule has 0 aliphatic rings. The second-order valence-electron chi connectivity index (χ2n) is 6.27. The van der Waals surface area contributed by atoms with Crippen LogP contribution in [0.15, 0.2) is 30.3 Å². The molecule has 2 aromatic carbocycles. The number of alkyl halides is 1. The molecule has 8 heteroatoms. The van der Waals surface area contributed by atoms with Crippen LogP contribution in [0.4, 0.5) is 5.69 Å². The van der Waals surface area contributed by atoms with Crippen molar-refractivity contribution in [3.8, 4) is 17.2 Å². The molecular formula is C21H24ClNO6. The molecule has 1 atom stereocenters. The first-order valence-electron chi connectivity index (χ1n) is 8.85. The molecule has 0 heterocycles. The topological polar surface area (TPSA) is 94.1 Å². The van der Waals surface area contributed by atoms with E-state index in [0.717, 1.165) is 0 Å². The fourth-order valence-electron chi connectivity index (χ4n) is 2.76. The molecule has 0 spiro atoms. The highest BCUT2D eigenvalue weighted by Crippen LogP contribution is 2.38. The van der Waals surface area contributed by atoms with Crippen LogP contribution in [0.25, 0.3) is 0 Å². The molecule has 0 fully saturated rings. The molecule has 0 radical (unpaired) electrons. The van der Waals surface area contributed by atoms with Crippen molar-refractivity contribution < 1.29 is 28.9 Å². The Balaban J connectivity index is 2.32. The highest BCUT2D eigenvalue weighted by atomic mass is 35.5. The standard InChI is InChI=1S/C21H24ClNO6/c1-12(22)21(26)23-16-10-14(5-6-15(16)11-24)17(25)7-13-8-18(27-2)20(29-4)19(9-13)28-3/h5-6,8-10,12,24H,7,11H2,1-4H3,(H,23,26). The number of methoxy groups -OCH3 is 3. The van der Waals surface area contributed by atoms with E-state index in [1.807, 2.05) is 0 Å². The summed E-state index contributed by atoms with van der Waals surface area (Å²) in [7, 11) is 4.51. The lowest BCUT2D eigenvalue weighted by atomic mass is 10.00. The number of ether oxygens (including phenoxy) is 3. The van der Waals surface area contributed by atoms with Crippen molar-refractivity contribution in [2.75, 3.05) is 26.6 Å². The van der Waals surface area contributed by atoms with Gasteiger partial charge in [-0.1, -0.05) is 12.1 Å². The van der Waals surface area contributed by atoms with Gasteiger partial charge < -0.3 is 24.6 Å². The average Bonchev–Trinajstić information content (AvgIpc) is 2.72. The molecule has 0 saturated heterocycles. The van der Waals surface area contributed by atoms with Gasteiger partial charge in [0.15, 0.2) is 17.3 Å². The molecular weight excluding hydrogens is 398 g/mol. The number of anilines is 1. The predicted octanol–water partition coefficient (Wildman–Crippen LogP) is 3.20. The predicted molar refractivity (Wildman–Crippen MR) is 110 cm³/mol. The van der Waals surface area contributed by atoms with E-state index in [0.29, 0.717) is 39.6 Å². The van der Waals surface area contributed by atoms with Gasteiger partial charge in [-0.3, -0.25) is 9.59 Å². The monoisotopic (exact) mass is 421 g/mol. The van der Waals surface area contributed by atoms with E-state index in [-0.39, 0.29) is 18.8 Å². The minimum Gasteiger partial charge on any atom is -0.493 e. The number of aliphatic hydroxyl groups is 1. The molecule has 156 valence electrons. The number of Topliss-reactive ketones (excluding diaryl/α,β-unsaturated/α-hetero) is 1. The molecule has 0 aromatic heterocycles. The van der Waals surface area contributed by atoms with Crippen LogP contribution in [-0.2, 0) is 17.8 Å². The number of carbonyl (C=O) groups excluding carboxylic acids is 2. The van der Waals surface area contributed by atoms with E-state index >= 15 is 0 Å². The van der Waals surface area contributed by atoms with E-state index in [1.54, 1.807) is 24.3 Å². The summed E-state index contributed by atoms with van der Waals surface area (Å²) in [5.41, 5.74) is 1.89. The largest absolute Gasteiger partial charge is 0.493 e. The summed E-state index contributed by atoms with van der Waals surface area (Å²) in [6.45, 7) is 1.25. The Labute approximate surface area is 174 Å². The van der Waals surface area contributed by atoms with Crippen LogP contribution in [0.2, 0.25) is 0 Å². The highest BCUT2D eigenvalue weighted by molar-refractivity contribution is 6.32. The first kappa shape index (κ1) is 22.5. The van der Waals surface area contributed by atoms with Crippen molar-refractivity contribution in [1.29, 1.82) is 0 Å². The molecule has 2 aromatic rings. The van der Waals surface area contributed by atoms with Gasteiger partial charge in [0.2, 0.25) is 11.7 Å². The molecule has 29 heavy (non-hydrogen) atoms. The number of rotatable bonds is 9. The number of benzene rings is 2. The van der Waals surface area contributed by atoms with Gasteiger partial charge in [-0.2, -0.15) is 0 Å². The van der Waals surface area contributed by atoms with Crippen molar-refractivity contribution in [2.24, 2.45) is 0 Å². The number of hydrogen-bond donors (Lipinski definition) is 2. The smallest absolute Gasteiger partial charge is 0.242 e. The fraction of sp³-hybridized carbons (Fsp3) is 0.333. The van der Waals surface area contributed by atoms with Gasteiger partial charge in [0.1, 0.15) is 5.38 Å². The minimum absolute atomic E-state index is 0.0779. The van der Waals surface area contributed by atoms with E-state index in [1.165, 1.54) is 34.3 Å². The summed E-state index contributed by atoms with van der Waals surface area (Å²) in [6, 6.07) is 8.14. The number of ketones is 1. The number of hydrogen-bond acceptors (Lipinski definition) is 6. The van der Waals surface area contributed by atoms with Crippen molar-refractivity contribution >= 4 is 29.0 Å². The van der Waals surface area contributed by atoms with Crippen LogP contribution < -0.4 is 19.5 Å².